The minimum Gasteiger partial charge on any atom is -0.507 e. The smallest absolute Gasteiger partial charge is 0.124 e. The molecule has 0 spiro atoms. The third-order valence-corrected chi connectivity index (χ3v) is 1.71. The highest BCUT2D eigenvalue weighted by atomic mass is 16.3. The Bertz CT molecular complexity index is 361. The lowest BCUT2D eigenvalue weighted by Crippen LogP contribution is -1.84. The quantitative estimate of drug-likeness (QED) is 0.682. The van der Waals surface area contributed by atoms with Crippen LogP contribution in [0.25, 0.3) is 6.08 Å². The van der Waals surface area contributed by atoms with Crippen LogP contribution in [-0.4, -0.2) is 5.11 Å². The zero-order chi connectivity index (χ0) is 9.14. The summed E-state index contributed by atoms with van der Waals surface area (Å²) in [5.41, 5.74) is 2.01. The number of hydrogen-bond donors (Lipinski definition) is 1. The van der Waals surface area contributed by atoms with Crippen molar-refractivity contribution in [3.05, 3.63) is 35.4 Å². The van der Waals surface area contributed by atoms with E-state index < -0.39 is 0 Å². The first kappa shape index (κ1) is 8.35. The largest absolute Gasteiger partial charge is 0.507 e. The monoisotopic (exact) mass is 159 g/mol. The van der Waals surface area contributed by atoms with Crippen LogP contribution in [0.5, 0.6) is 5.75 Å². The van der Waals surface area contributed by atoms with Gasteiger partial charge in [0.15, 0.2) is 0 Å². The van der Waals surface area contributed by atoms with Gasteiger partial charge in [-0.3, -0.25) is 0 Å². The lowest BCUT2D eigenvalue weighted by Gasteiger charge is -2.01. The zero-order valence-electron chi connectivity index (χ0n) is 6.83. The third-order valence-electron chi connectivity index (χ3n) is 1.71. The van der Waals surface area contributed by atoms with Gasteiger partial charge in [0.25, 0.3) is 0 Å². The van der Waals surface area contributed by atoms with Crippen molar-refractivity contribution < 1.29 is 5.11 Å². The molecule has 0 radical (unpaired) electrons. The van der Waals surface area contributed by atoms with Crippen molar-refractivity contribution in [2.24, 2.45) is 0 Å². The number of phenolic OH excluding ortho intramolecular Hbond substituents is 1. The number of aryl methyl sites for hydroxylation is 1. The molecule has 1 aromatic rings. The molecule has 0 saturated carbocycles. The molecule has 1 N–H and O–H groups in total. The molecule has 0 aromatic heterocycles. The number of aromatic hydroxyl groups is 1. The molecule has 0 saturated heterocycles. The highest BCUT2D eigenvalue weighted by Crippen LogP contribution is 2.22. The van der Waals surface area contributed by atoms with Crippen molar-refractivity contribution in [2.75, 3.05) is 0 Å². The van der Waals surface area contributed by atoms with Crippen molar-refractivity contribution in [1.29, 1.82) is 5.26 Å². The molecule has 0 amide bonds. The fourth-order valence-electron chi connectivity index (χ4n) is 1.00. The summed E-state index contributed by atoms with van der Waals surface area (Å²) in [7, 11) is 0. The van der Waals surface area contributed by atoms with Gasteiger partial charge in [-0.15, -0.1) is 0 Å². The number of nitriles is 1. The van der Waals surface area contributed by atoms with Crippen molar-refractivity contribution in [2.45, 2.75) is 6.92 Å². The first-order valence-corrected chi connectivity index (χ1v) is 3.55. The zero-order valence-corrected chi connectivity index (χ0v) is 6.83. The SMILES string of the molecule is C=Cc1cc(C)c(C#N)cc1O. The van der Waals surface area contributed by atoms with E-state index in [1.165, 1.54) is 6.07 Å². The molecule has 0 aliphatic heterocycles. The Morgan fingerprint density at radius 1 is 1.58 bits per heavy atom. The fraction of sp³-hybridized carbons (Fsp3) is 0.100. The van der Waals surface area contributed by atoms with E-state index in [-0.39, 0.29) is 5.75 Å². The van der Waals surface area contributed by atoms with Crippen molar-refractivity contribution in [1.82, 2.24) is 0 Å². The van der Waals surface area contributed by atoms with E-state index in [0.717, 1.165) is 5.56 Å². The van der Waals surface area contributed by atoms with E-state index >= 15 is 0 Å². The summed E-state index contributed by atoms with van der Waals surface area (Å²) in [6, 6.07) is 5.18. The maximum absolute atomic E-state index is 9.32. The molecule has 1 aromatic carbocycles. The minimum atomic E-state index is 0.104. The fourth-order valence-corrected chi connectivity index (χ4v) is 1.00. The van der Waals surface area contributed by atoms with Crippen LogP contribution in [0.1, 0.15) is 16.7 Å². The first-order valence-electron chi connectivity index (χ1n) is 3.55. The van der Waals surface area contributed by atoms with Gasteiger partial charge in [-0.05, 0) is 24.6 Å². The Hall–Kier alpha value is -1.75. The summed E-state index contributed by atoms with van der Waals surface area (Å²) in [6.45, 7) is 5.37. The molecule has 0 atom stereocenters. The van der Waals surface area contributed by atoms with Gasteiger partial charge < -0.3 is 5.11 Å². The number of phenols is 1. The molecule has 1 rings (SSSR count). The maximum Gasteiger partial charge on any atom is 0.124 e. The summed E-state index contributed by atoms with van der Waals surface area (Å²) >= 11 is 0. The van der Waals surface area contributed by atoms with Gasteiger partial charge in [0.2, 0.25) is 0 Å². The van der Waals surface area contributed by atoms with Gasteiger partial charge in [-0.1, -0.05) is 12.7 Å². The topological polar surface area (TPSA) is 44.0 Å². The van der Waals surface area contributed by atoms with Crippen LogP contribution < -0.4 is 0 Å². The Morgan fingerprint density at radius 3 is 2.75 bits per heavy atom. The molecule has 0 fully saturated rings. The van der Waals surface area contributed by atoms with Gasteiger partial charge in [0.05, 0.1) is 11.6 Å². The predicted molar refractivity (Wildman–Crippen MR) is 47.6 cm³/mol. The normalized spacial score (nSPS) is 9.00. The van der Waals surface area contributed by atoms with E-state index in [0.29, 0.717) is 11.1 Å². The van der Waals surface area contributed by atoms with Crippen LogP contribution in [-0.2, 0) is 0 Å². The summed E-state index contributed by atoms with van der Waals surface area (Å²) in [5, 5.41) is 17.9. The second kappa shape index (κ2) is 3.10. The Balaban J connectivity index is 3.38. The number of rotatable bonds is 1. The molecule has 2 heteroatoms. The van der Waals surface area contributed by atoms with Gasteiger partial charge in [-0.25, -0.2) is 0 Å². The first-order chi connectivity index (χ1) is 5.69. The van der Waals surface area contributed by atoms with Crippen molar-refractivity contribution >= 4 is 6.08 Å². The molecular formula is C10H9NO. The van der Waals surface area contributed by atoms with Gasteiger partial charge in [0, 0.05) is 5.56 Å². The molecule has 0 bridgehead atoms. The Labute approximate surface area is 71.4 Å². The van der Waals surface area contributed by atoms with Crippen LogP contribution >= 0.6 is 0 Å². The number of benzene rings is 1. The molecule has 2 nitrogen and oxygen atoms in total. The average molecular weight is 159 g/mol. The van der Waals surface area contributed by atoms with E-state index in [1.54, 1.807) is 12.1 Å². The van der Waals surface area contributed by atoms with Crippen LogP contribution in [0.15, 0.2) is 18.7 Å². The van der Waals surface area contributed by atoms with Crippen LogP contribution in [0.4, 0.5) is 0 Å². The van der Waals surface area contributed by atoms with Crippen molar-refractivity contribution in [3.63, 3.8) is 0 Å². The molecular weight excluding hydrogens is 150 g/mol. The van der Waals surface area contributed by atoms with Gasteiger partial charge in [0.1, 0.15) is 5.75 Å². The molecule has 0 aliphatic rings. The molecule has 12 heavy (non-hydrogen) atoms. The second-order valence-electron chi connectivity index (χ2n) is 2.54. The highest BCUT2D eigenvalue weighted by molar-refractivity contribution is 5.59. The summed E-state index contributed by atoms with van der Waals surface area (Å²) in [5.74, 6) is 0.104. The highest BCUT2D eigenvalue weighted by Gasteiger charge is 2.02. The summed E-state index contributed by atoms with van der Waals surface area (Å²) in [6.07, 6.45) is 1.56. The lowest BCUT2D eigenvalue weighted by molar-refractivity contribution is 0.473. The van der Waals surface area contributed by atoms with E-state index in [2.05, 4.69) is 6.58 Å². The number of hydrogen-bond acceptors (Lipinski definition) is 2. The minimum absolute atomic E-state index is 0.104. The molecule has 0 unspecified atom stereocenters. The standard InChI is InChI=1S/C10H9NO/c1-3-8-4-7(2)9(6-11)5-10(8)12/h3-5,12H,1H2,2H3. The molecule has 0 aliphatic carbocycles. The molecule has 60 valence electrons. The second-order valence-corrected chi connectivity index (χ2v) is 2.54. The van der Waals surface area contributed by atoms with Crippen molar-refractivity contribution in [3.8, 4) is 11.8 Å². The molecule has 0 heterocycles. The van der Waals surface area contributed by atoms with Crippen LogP contribution in [0.3, 0.4) is 0 Å². The maximum atomic E-state index is 9.32. The van der Waals surface area contributed by atoms with E-state index in [9.17, 15) is 5.11 Å². The van der Waals surface area contributed by atoms with Gasteiger partial charge in [-0.2, -0.15) is 5.26 Å². The van der Waals surface area contributed by atoms with E-state index in [4.69, 9.17) is 5.26 Å². The van der Waals surface area contributed by atoms with E-state index in [1.807, 2.05) is 13.0 Å². The Kier molecular flexibility index (Phi) is 2.16. The van der Waals surface area contributed by atoms with Crippen LogP contribution in [0.2, 0.25) is 0 Å². The summed E-state index contributed by atoms with van der Waals surface area (Å²) in [4.78, 5) is 0. The van der Waals surface area contributed by atoms with Gasteiger partial charge >= 0.3 is 0 Å². The van der Waals surface area contributed by atoms with Crippen LogP contribution in [0, 0.1) is 18.3 Å². The predicted octanol–water partition coefficient (Wildman–Crippen LogP) is 2.22. The number of nitrogens with zero attached hydrogens (tertiary/aromatic N) is 1. The summed E-state index contributed by atoms with van der Waals surface area (Å²) < 4.78 is 0. The third kappa shape index (κ3) is 1.30. The average Bonchev–Trinajstić information content (AvgIpc) is 2.08. The lowest BCUT2D eigenvalue weighted by atomic mass is 10.1. The Morgan fingerprint density at radius 2 is 2.25 bits per heavy atom.